The van der Waals surface area contributed by atoms with Gasteiger partial charge in [-0.25, -0.2) is 8.42 Å². The number of hydrogen-bond donors (Lipinski definition) is 2. The molecule has 41 heavy (non-hydrogen) atoms. The number of rotatable bonds is 7. The van der Waals surface area contributed by atoms with Gasteiger partial charge in [0.15, 0.2) is 0 Å². The third kappa shape index (κ3) is 6.42. The molecule has 3 aromatic rings. The number of sulfonamides is 1. The van der Waals surface area contributed by atoms with E-state index in [9.17, 15) is 31.2 Å². The molecule has 1 atom stereocenters. The summed E-state index contributed by atoms with van der Waals surface area (Å²) in [6.45, 7) is -0.00528. The molecule has 4 rings (SSSR count). The van der Waals surface area contributed by atoms with E-state index >= 15 is 0 Å². The summed E-state index contributed by atoms with van der Waals surface area (Å²) in [7, 11) is -2.77. The maximum absolute atomic E-state index is 13.5. The number of carbonyl (C=O) groups excluding carboxylic acids is 2. The molecule has 0 radical (unpaired) electrons. The van der Waals surface area contributed by atoms with Crippen molar-refractivity contribution in [2.24, 2.45) is 0 Å². The summed E-state index contributed by atoms with van der Waals surface area (Å²) in [6.07, 6.45) is 0.318. The Labute approximate surface area is 239 Å². The van der Waals surface area contributed by atoms with Gasteiger partial charge in [0.2, 0.25) is 5.91 Å². The zero-order valence-electron chi connectivity index (χ0n) is 21.5. The molecule has 2 amide bonds. The van der Waals surface area contributed by atoms with Crippen molar-refractivity contribution in [1.82, 2.24) is 10.6 Å². The van der Waals surface area contributed by atoms with Gasteiger partial charge in [-0.2, -0.15) is 13.2 Å². The quantitative estimate of drug-likeness (QED) is 0.385. The van der Waals surface area contributed by atoms with Crippen molar-refractivity contribution in [2.45, 2.75) is 23.5 Å². The molecule has 2 N–H and O–H groups in total. The van der Waals surface area contributed by atoms with Crippen LogP contribution in [0.4, 0.5) is 18.9 Å². The summed E-state index contributed by atoms with van der Waals surface area (Å²) in [6, 6.07) is 11.3. The highest BCUT2D eigenvalue weighted by atomic mass is 35.5. The molecule has 1 aliphatic heterocycles. The Morgan fingerprint density at radius 2 is 1.90 bits per heavy atom. The largest absolute Gasteiger partial charge is 0.489 e. The van der Waals surface area contributed by atoms with Crippen molar-refractivity contribution >= 4 is 39.1 Å². The number of nitrogens with zero attached hydrogens (tertiary/aromatic N) is 1. The van der Waals surface area contributed by atoms with Gasteiger partial charge in [-0.05, 0) is 60.2 Å². The lowest BCUT2D eigenvalue weighted by molar-refractivity contribution is -0.137. The number of fused-ring (bicyclic) bond motifs is 1. The first-order valence-corrected chi connectivity index (χ1v) is 13.9. The Hall–Kier alpha value is -4.21. The van der Waals surface area contributed by atoms with E-state index in [1.165, 1.54) is 43.4 Å². The standard InChI is InChI=1S/C28H23ClF3N3O5S/c1-3-17-5-4-6-20(13-17)41(38,39)35-11-12-40-25-10-7-18(14-24(25)35)27(37)34-23(16-26(36)33-2)21-15-19(28(30,31)32)8-9-22(21)29/h1,4-10,13-15,23H,11-12,16H2,2H3,(H,33,36)(H,34,37). The highest BCUT2D eigenvalue weighted by Gasteiger charge is 2.34. The number of ether oxygens (including phenoxy) is 1. The minimum atomic E-state index is -4.69. The van der Waals surface area contributed by atoms with Crippen molar-refractivity contribution in [2.75, 3.05) is 24.5 Å². The predicted molar refractivity (Wildman–Crippen MR) is 146 cm³/mol. The van der Waals surface area contributed by atoms with Crippen LogP contribution >= 0.6 is 11.6 Å². The molecule has 0 bridgehead atoms. The molecule has 1 aliphatic rings. The van der Waals surface area contributed by atoms with Gasteiger partial charge in [0.05, 0.1) is 35.2 Å². The highest BCUT2D eigenvalue weighted by Crippen LogP contribution is 2.37. The third-order valence-corrected chi connectivity index (χ3v) is 8.46. The number of carbonyl (C=O) groups is 2. The van der Waals surface area contributed by atoms with Gasteiger partial charge in [0, 0.05) is 23.2 Å². The van der Waals surface area contributed by atoms with Gasteiger partial charge in [0.25, 0.3) is 15.9 Å². The molecular formula is C28H23ClF3N3O5S. The summed E-state index contributed by atoms with van der Waals surface area (Å²) in [5, 5.41) is 4.85. The third-order valence-electron chi connectivity index (χ3n) is 6.30. The van der Waals surface area contributed by atoms with Crippen LogP contribution in [0.5, 0.6) is 5.75 Å². The van der Waals surface area contributed by atoms with Crippen LogP contribution in [0.3, 0.4) is 0 Å². The van der Waals surface area contributed by atoms with Crippen LogP contribution in [0.25, 0.3) is 0 Å². The lowest BCUT2D eigenvalue weighted by Crippen LogP contribution is -2.38. The molecule has 0 saturated carbocycles. The first kappa shape index (κ1) is 29.8. The summed E-state index contributed by atoms with van der Waals surface area (Å²) in [4.78, 5) is 25.5. The van der Waals surface area contributed by atoms with Crippen molar-refractivity contribution < 1.29 is 35.9 Å². The minimum Gasteiger partial charge on any atom is -0.489 e. The maximum Gasteiger partial charge on any atom is 0.416 e. The van der Waals surface area contributed by atoms with Gasteiger partial charge in [-0.1, -0.05) is 23.6 Å². The summed E-state index contributed by atoms with van der Waals surface area (Å²) < 4.78 is 73.9. The van der Waals surface area contributed by atoms with Crippen LogP contribution in [-0.2, 0) is 21.0 Å². The van der Waals surface area contributed by atoms with Crippen LogP contribution < -0.4 is 19.7 Å². The van der Waals surface area contributed by atoms with E-state index in [1.54, 1.807) is 6.07 Å². The minimum absolute atomic E-state index is 0.0307. The van der Waals surface area contributed by atoms with Crippen LogP contribution in [-0.4, -0.2) is 40.4 Å². The smallest absolute Gasteiger partial charge is 0.416 e. The Bertz CT molecular complexity index is 1650. The molecule has 0 aromatic heterocycles. The Morgan fingerprint density at radius 1 is 1.15 bits per heavy atom. The molecule has 214 valence electrons. The number of benzene rings is 3. The normalized spacial score (nSPS) is 13.8. The maximum atomic E-state index is 13.5. The van der Waals surface area contributed by atoms with Crippen molar-refractivity contribution in [3.8, 4) is 18.1 Å². The van der Waals surface area contributed by atoms with Crippen LogP contribution in [0.15, 0.2) is 65.6 Å². The molecule has 1 unspecified atom stereocenters. The fraction of sp³-hybridized carbons (Fsp3) is 0.214. The fourth-order valence-corrected chi connectivity index (χ4v) is 5.96. The topological polar surface area (TPSA) is 105 Å². The van der Waals surface area contributed by atoms with Gasteiger partial charge >= 0.3 is 6.18 Å². The lowest BCUT2D eigenvalue weighted by atomic mass is 9.99. The zero-order valence-corrected chi connectivity index (χ0v) is 23.0. The number of halogens is 4. The lowest BCUT2D eigenvalue weighted by Gasteiger charge is -2.31. The summed E-state index contributed by atoms with van der Waals surface area (Å²) >= 11 is 6.19. The second kappa shape index (κ2) is 11.7. The van der Waals surface area contributed by atoms with Crippen molar-refractivity contribution in [1.29, 1.82) is 0 Å². The van der Waals surface area contributed by atoms with E-state index < -0.39 is 46.0 Å². The summed E-state index contributed by atoms with van der Waals surface area (Å²) in [5.41, 5.74) is -0.707. The number of alkyl halides is 3. The molecule has 0 spiro atoms. The number of terminal acetylenes is 1. The van der Waals surface area contributed by atoms with Crippen molar-refractivity contribution in [3.05, 3.63) is 87.9 Å². The van der Waals surface area contributed by atoms with Gasteiger partial charge in [-0.3, -0.25) is 13.9 Å². The first-order valence-electron chi connectivity index (χ1n) is 12.1. The van der Waals surface area contributed by atoms with Crippen LogP contribution in [0.2, 0.25) is 5.02 Å². The van der Waals surface area contributed by atoms with E-state index in [0.717, 1.165) is 22.5 Å². The van der Waals surface area contributed by atoms with E-state index in [0.29, 0.717) is 5.56 Å². The highest BCUT2D eigenvalue weighted by molar-refractivity contribution is 7.92. The zero-order chi connectivity index (χ0) is 29.9. The van der Waals surface area contributed by atoms with Gasteiger partial charge in [0.1, 0.15) is 12.4 Å². The van der Waals surface area contributed by atoms with E-state index in [2.05, 4.69) is 16.6 Å². The Balaban J connectivity index is 1.70. The first-order chi connectivity index (χ1) is 19.3. The van der Waals surface area contributed by atoms with E-state index in [1.807, 2.05) is 0 Å². The fourth-order valence-electron chi connectivity index (χ4n) is 4.21. The van der Waals surface area contributed by atoms with Crippen molar-refractivity contribution in [3.63, 3.8) is 0 Å². The van der Waals surface area contributed by atoms with Gasteiger partial charge in [-0.15, -0.1) is 6.42 Å². The molecule has 3 aromatic carbocycles. The van der Waals surface area contributed by atoms with Gasteiger partial charge < -0.3 is 15.4 Å². The number of hydrogen-bond acceptors (Lipinski definition) is 5. The molecular weight excluding hydrogens is 583 g/mol. The SMILES string of the molecule is C#Cc1cccc(S(=O)(=O)N2CCOc3ccc(C(=O)NC(CC(=O)NC)c4cc(C(F)(F)F)ccc4Cl)cc32)c1. The Kier molecular flexibility index (Phi) is 8.51. The number of nitrogens with one attached hydrogen (secondary N) is 2. The molecule has 1 heterocycles. The second-order valence-corrected chi connectivity index (χ2v) is 11.2. The molecule has 0 fully saturated rings. The molecule has 0 saturated heterocycles. The predicted octanol–water partition coefficient (Wildman–Crippen LogP) is 4.54. The second-order valence-electron chi connectivity index (χ2n) is 8.92. The Morgan fingerprint density at radius 3 is 2.59 bits per heavy atom. The average molecular weight is 606 g/mol. The number of amides is 2. The monoisotopic (exact) mass is 605 g/mol. The molecule has 13 heteroatoms. The van der Waals surface area contributed by atoms with Crippen LogP contribution in [0, 0.1) is 12.3 Å². The van der Waals surface area contributed by atoms with E-state index in [4.69, 9.17) is 22.8 Å². The number of anilines is 1. The summed E-state index contributed by atoms with van der Waals surface area (Å²) in [5.74, 6) is 1.24. The molecule has 0 aliphatic carbocycles. The average Bonchev–Trinajstić information content (AvgIpc) is 2.95. The van der Waals surface area contributed by atoms with Crippen LogP contribution in [0.1, 0.15) is 39.5 Å². The van der Waals surface area contributed by atoms with E-state index in [-0.39, 0.29) is 45.6 Å². The molecule has 8 nitrogen and oxygen atoms in total.